The number of benzene rings is 1. The molecule has 0 amide bonds. The molecule has 0 unspecified atom stereocenters. The predicted octanol–water partition coefficient (Wildman–Crippen LogP) is 2.34. The lowest BCUT2D eigenvalue weighted by Crippen LogP contribution is -2.06. The Morgan fingerprint density at radius 3 is 2.72 bits per heavy atom. The molecule has 18 heavy (non-hydrogen) atoms. The van der Waals surface area contributed by atoms with Crippen molar-refractivity contribution in [3.63, 3.8) is 0 Å². The van der Waals surface area contributed by atoms with Crippen LogP contribution < -0.4 is 0 Å². The first-order valence-electron chi connectivity index (χ1n) is 5.49. The number of nitrogens with zero attached hydrogens (tertiary/aromatic N) is 3. The maximum Gasteiger partial charge on any atom is 0.360 e. The van der Waals surface area contributed by atoms with E-state index in [2.05, 4.69) is 26.1 Å². The van der Waals surface area contributed by atoms with E-state index in [0.717, 1.165) is 16.6 Å². The van der Waals surface area contributed by atoms with Gasteiger partial charge in [-0.2, -0.15) is 9.90 Å². The number of hydrogen-bond acceptors (Lipinski definition) is 4. The van der Waals surface area contributed by atoms with E-state index in [-0.39, 0.29) is 5.69 Å². The molecule has 0 saturated carbocycles. The molecule has 1 heterocycles. The van der Waals surface area contributed by atoms with Crippen LogP contribution in [0.25, 0.3) is 5.69 Å². The molecule has 0 aliphatic carbocycles. The number of hydrogen-bond donors (Lipinski definition) is 0. The Bertz CT molecular complexity index is 537. The predicted molar refractivity (Wildman–Crippen MR) is 69.9 cm³/mol. The molecule has 0 atom stereocenters. The van der Waals surface area contributed by atoms with Crippen LogP contribution in [0.3, 0.4) is 0 Å². The Labute approximate surface area is 113 Å². The monoisotopic (exact) mass is 309 g/mol. The van der Waals surface area contributed by atoms with Crippen molar-refractivity contribution >= 4 is 21.9 Å². The van der Waals surface area contributed by atoms with E-state index in [1.807, 2.05) is 24.3 Å². The summed E-state index contributed by atoms with van der Waals surface area (Å²) in [5, 5.41) is 8.91. The molecule has 6 heteroatoms. The first kappa shape index (κ1) is 12.8. The van der Waals surface area contributed by atoms with Crippen LogP contribution >= 0.6 is 15.9 Å². The molecule has 2 aromatic rings. The molecule has 2 rings (SSSR count). The smallest absolute Gasteiger partial charge is 0.360 e. The quantitative estimate of drug-likeness (QED) is 0.642. The molecule has 1 aromatic heterocycles. The lowest BCUT2D eigenvalue weighted by atomic mass is 10.2. The summed E-state index contributed by atoms with van der Waals surface area (Å²) in [5.41, 5.74) is 2.17. The highest BCUT2D eigenvalue weighted by Crippen LogP contribution is 2.10. The molecular weight excluding hydrogens is 298 g/mol. The molecule has 0 spiro atoms. The second-order valence-corrected chi connectivity index (χ2v) is 4.10. The van der Waals surface area contributed by atoms with Gasteiger partial charge in [0.05, 0.1) is 18.5 Å². The van der Waals surface area contributed by atoms with Crippen LogP contribution in [0.4, 0.5) is 0 Å². The van der Waals surface area contributed by atoms with Gasteiger partial charge in [-0.15, -0.1) is 5.10 Å². The minimum atomic E-state index is -0.458. The molecule has 0 fully saturated rings. The summed E-state index contributed by atoms with van der Waals surface area (Å²) >= 11 is 3.38. The van der Waals surface area contributed by atoms with Gasteiger partial charge in [0.15, 0.2) is 5.69 Å². The minimum Gasteiger partial charge on any atom is -0.461 e. The number of halogens is 1. The number of carbonyl (C=O) groups excluding carboxylic acids is 1. The maximum absolute atomic E-state index is 11.4. The normalized spacial score (nSPS) is 10.3. The molecule has 5 nitrogen and oxygen atoms in total. The summed E-state index contributed by atoms with van der Waals surface area (Å²) in [6.45, 7) is 2.08. The number of rotatable bonds is 4. The molecule has 1 aromatic carbocycles. The number of aromatic nitrogens is 3. The van der Waals surface area contributed by atoms with E-state index in [9.17, 15) is 4.79 Å². The Morgan fingerprint density at radius 1 is 1.39 bits per heavy atom. The van der Waals surface area contributed by atoms with Crippen molar-refractivity contribution in [3.05, 3.63) is 41.7 Å². The SMILES string of the molecule is CCOC(=O)c1cnn(-c2ccc(CBr)cc2)n1. The van der Waals surface area contributed by atoms with E-state index in [0.29, 0.717) is 6.61 Å². The highest BCUT2D eigenvalue weighted by Gasteiger charge is 2.11. The van der Waals surface area contributed by atoms with Gasteiger partial charge < -0.3 is 4.74 Å². The van der Waals surface area contributed by atoms with Gasteiger partial charge in [0, 0.05) is 5.33 Å². The van der Waals surface area contributed by atoms with Crippen LogP contribution in [0.5, 0.6) is 0 Å². The Hall–Kier alpha value is -1.69. The third-order valence-corrected chi connectivity index (χ3v) is 2.95. The first-order chi connectivity index (χ1) is 8.74. The first-order valence-corrected chi connectivity index (χ1v) is 6.61. The van der Waals surface area contributed by atoms with Crippen molar-refractivity contribution < 1.29 is 9.53 Å². The van der Waals surface area contributed by atoms with Crippen molar-refractivity contribution in [1.82, 2.24) is 15.0 Å². The summed E-state index contributed by atoms with van der Waals surface area (Å²) < 4.78 is 4.85. The zero-order valence-electron chi connectivity index (χ0n) is 9.84. The number of ether oxygens (including phenoxy) is 1. The van der Waals surface area contributed by atoms with Gasteiger partial charge >= 0.3 is 5.97 Å². The summed E-state index contributed by atoms with van der Waals surface area (Å²) in [5.74, 6) is -0.458. The van der Waals surface area contributed by atoms with Gasteiger partial charge in [0.1, 0.15) is 0 Å². The van der Waals surface area contributed by atoms with Crippen molar-refractivity contribution in [2.24, 2.45) is 0 Å². The van der Waals surface area contributed by atoms with Crippen LogP contribution in [0, 0.1) is 0 Å². The van der Waals surface area contributed by atoms with E-state index >= 15 is 0 Å². The lowest BCUT2D eigenvalue weighted by molar-refractivity contribution is 0.0519. The standard InChI is InChI=1S/C12H12BrN3O2/c1-2-18-12(17)11-8-14-16(15-11)10-5-3-9(7-13)4-6-10/h3-6,8H,2,7H2,1H3. The van der Waals surface area contributed by atoms with Gasteiger partial charge in [-0.3, -0.25) is 0 Å². The molecule has 0 aliphatic heterocycles. The highest BCUT2D eigenvalue weighted by atomic mass is 79.9. The van der Waals surface area contributed by atoms with Gasteiger partial charge in [0.25, 0.3) is 0 Å². The summed E-state index contributed by atoms with van der Waals surface area (Å²) in [4.78, 5) is 12.9. The average Bonchev–Trinajstić information content (AvgIpc) is 2.89. The van der Waals surface area contributed by atoms with Gasteiger partial charge in [-0.05, 0) is 24.6 Å². The largest absolute Gasteiger partial charge is 0.461 e. The molecular formula is C12H12BrN3O2. The zero-order chi connectivity index (χ0) is 13.0. The van der Waals surface area contributed by atoms with E-state index in [1.165, 1.54) is 11.0 Å². The molecule has 0 radical (unpaired) electrons. The number of alkyl halides is 1. The summed E-state index contributed by atoms with van der Waals surface area (Å²) in [7, 11) is 0. The van der Waals surface area contributed by atoms with Crippen molar-refractivity contribution in [3.8, 4) is 5.69 Å². The summed E-state index contributed by atoms with van der Waals surface area (Å²) in [6.07, 6.45) is 1.40. The Kier molecular flexibility index (Phi) is 4.09. The third kappa shape index (κ3) is 2.76. The third-order valence-electron chi connectivity index (χ3n) is 2.30. The molecule has 0 aliphatic rings. The average molecular weight is 310 g/mol. The van der Waals surface area contributed by atoms with Gasteiger partial charge in [0.2, 0.25) is 0 Å². The van der Waals surface area contributed by atoms with E-state index in [1.54, 1.807) is 6.92 Å². The van der Waals surface area contributed by atoms with Crippen LogP contribution in [0.15, 0.2) is 30.5 Å². The van der Waals surface area contributed by atoms with E-state index < -0.39 is 5.97 Å². The fraction of sp³-hybridized carbons (Fsp3) is 0.250. The van der Waals surface area contributed by atoms with Crippen LogP contribution in [0.2, 0.25) is 0 Å². The Morgan fingerprint density at radius 2 is 2.11 bits per heavy atom. The van der Waals surface area contributed by atoms with Crippen LogP contribution in [-0.2, 0) is 10.1 Å². The second kappa shape index (κ2) is 5.77. The van der Waals surface area contributed by atoms with Crippen LogP contribution in [0.1, 0.15) is 23.0 Å². The molecule has 0 saturated heterocycles. The molecule has 94 valence electrons. The minimum absolute atomic E-state index is 0.210. The fourth-order valence-corrected chi connectivity index (χ4v) is 1.78. The number of carbonyl (C=O) groups is 1. The second-order valence-electron chi connectivity index (χ2n) is 3.54. The maximum atomic E-state index is 11.4. The summed E-state index contributed by atoms with van der Waals surface area (Å²) in [6, 6.07) is 7.73. The van der Waals surface area contributed by atoms with E-state index in [4.69, 9.17) is 4.74 Å². The topological polar surface area (TPSA) is 57.0 Å². The molecule has 0 bridgehead atoms. The van der Waals surface area contributed by atoms with Crippen molar-refractivity contribution in [1.29, 1.82) is 0 Å². The van der Waals surface area contributed by atoms with Gasteiger partial charge in [-0.1, -0.05) is 28.1 Å². The van der Waals surface area contributed by atoms with Crippen LogP contribution in [-0.4, -0.2) is 27.6 Å². The Balaban J connectivity index is 2.20. The molecule has 0 N–H and O–H groups in total. The van der Waals surface area contributed by atoms with Crippen molar-refractivity contribution in [2.45, 2.75) is 12.3 Å². The fourth-order valence-electron chi connectivity index (χ4n) is 1.40. The zero-order valence-corrected chi connectivity index (χ0v) is 11.4. The van der Waals surface area contributed by atoms with Gasteiger partial charge in [-0.25, -0.2) is 4.79 Å². The highest BCUT2D eigenvalue weighted by molar-refractivity contribution is 9.08. The van der Waals surface area contributed by atoms with Crippen molar-refractivity contribution in [2.75, 3.05) is 6.61 Å². The number of esters is 1. The lowest BCUT2D eigenvalue weighted by Gasteiger charge is -2.00.